The van der Waals surface area contributed by atoms with Crippen molar-refractivity contribution < 1.29 is 9.53 Å². The summed E-state index contributed by atoms with van der Waals surface area (Å²) < 4.78 is 7.69. The van der Waals surface area contributed by atoms with Gasteiger partial charge >= 0.3 is 0 Å². The molecule has 0 bridgehead atoms. The Morgan fingerprint density at radius 3 is 3.27 bits per heavy atom. The molecule has 2 aromatic rings. The lowest BCUT2D eigenvalue weighted by Gasteiger charge is -2.19. The molecule has 2 atom stereocenters. The van der Waals surface area contributed by atoms with Crippen molar-refractivity contribution in [2.24, 2.45) is 5.92 Å². The summed E-state index contributed by atoms with van der Waals surface area (Å²) in [5, 5.41) is 9.28. The second-order valence-corrected chi connectivity index (χ2v) is 6.00. The van der Waals surface area contributed by atoms with Crippen LogP contribution < -0.4 is 5.32 Å². The van der Waals surface area contributed by atoms with Crippen LogP contribution in [0.3, 0.4) is 0 Å². The van der Waals surface area contributed by atoms with Crippen LogP contribution in [0.4, 0.5) is 0 Å². The zero-order valence-corrected chi connectivity index (χ0v) is 13.4. The van der Waals surface area contributed by atoms with Gasteiger partial charge in [-0.05, 0) is 19.4 Å². The molecule has 1 amide bonds. The number of hydrogen-bond acceptors (Lipinski definition) is 5. The fourth-order valence-electron chi connectivity index (χ4n) is 2.80. The monoisotopic (exact) mass is 320 g/mol. The van der Waals surface area contributed by atoms with Crippen LogP contribution in [0.2, 0.25) is 0 Å². The van der Waals surface area contributed by atoms with Crippen molar-refractivity contribution in [3.8, 4) is 0 Å². The molecular formula is C15H20N4O2S. The van der Waals surface area contributed by atoms with Gasteiger partial charge in [-0.15, -0.1) is 11.3 Å². The lowest BCUT2D eigenvalue weighted by atomic mass is 9.98. The highest BCUT2D eigenvalue weighted by Crippen LogP contribution is 2.34. The number of hydrogen-bond donors (Lipinski definition) is 1. The van der Waals surface area contributed by atoms with Gasteiger partial charge in [-0.3, -0.25) is 9.48 Å². The summed E-state index contributed by atoms with van der Waals surface area (Å²) in [6, 6.07) is 1.94. The molecule has 22 heavy (non-hydrogen) atoms. The van der Waals surface area contributed by atoms with E-state index in [1.54, 1.807) is 17.5 Å². The van der Waals surface area contributed by atoms with Crippen LogP contribution in [0.25, 0.3) is 0 Å². The van der Waals surface area contributed by atoms with Gasteiger partial charge in [-0.25, -0.2) is 4.98 Å². The first kappa shape index (κ1) is 15.2. The number of nitrogens with one attached hydrogen (secondary N) is 1. The minimum Gasteiger partial charge on any atom is -0.371 e. The molecule has 7 heteroatoms. The van der Waals surface area contributed by atoms with E-state index < -0.39 is 0 Å². The number of thiazole rings is 1. The highest BCUT2D eigenvalue weighted by molar-refractivity contribution is 7.07. The average molecular weight is 320 g/mol. The molecule has 0 radical (unpaired) electrons. The number of carbonyl (C=O) groups is 1. The fraction of sp³-hybridized carbons (Fsp3) is 0.533. The number of nitrogens with zero attached hydrogens (tertiary/aromatic N) is 3. The van der Waals surface area contributed by atoms with E-state index >= 15 is 0 Å². The van der Waals surface area contributed by atoms with E-state index in [4.69, 9.17) is 4.74 Å². The van der Waals surface area contributed by atoms with Crippen molar-refractivity contribution >= 4 is 17.2 Å². The van der Waals surface area contributed by atoms with Crippen molar-refractivity contribution in [2.45, 2.75) is 32.4 Å². The summed E-state index contributed by atoms with van der Waals surface area (Å²) >= 11 is 1.57. The highest BCUT2D eigenvalue weighted by Gasteiger charge is 2.36. The smallest absolute Gasteiger partial charge is 0.226 e. The summed E-state index contributed by atoms with van der Waals surface area (Å²) in [5.41, 5.74) is 3.82. The van der Waals surface area contributed by atoms with Crippen LogP contribution in [0, 0.1) is 5.92 Å². The Hall–Kier alpha value is -1.73. The van der Waals surface area contributed by atoms with Crippen LogP contribution in [-0.4, -0.2) is 33.8 Å². The lowest BCUT2D eigenvalue weighted by molar-refractivity contribution is -0.126. The Morgan fingerprint density at radius 1 is 1.59 bits per heavy atom. The van der Waals surface area contributed by atoms with E-state index in [0.29, 0.717) is 13.2 Å². The van der Waals surface area contributed by atoms with Gasteiger partial charge in [0, 0.05) is 37.7 Å². The average Bonchev–Trinajstić information content (AvgIpc) is 3.26. The Morgan fingerprint density at radius 2 is 2.50 bits per heavy atom. The van der Waals surface area contributed by atoms with Crippen LogP contribution in [0.15, 0.2) is 23.2 Å². The standard InChI is InChI=1S/C15H20N4O2S/c1-2-19-13(4-7-18-19)14-12(5-8-21-14)15(20)16-6-3-11-9-22-10-17-11/h4,7,9-10,12,14H,2-3,5-6,8H2,1H3,(H,16,20)/t12-,14-/m1/s1. The molecule has 0 unspecified atom stereocenters. The highest BCUT2D eigenvalue weighted by atomic mass is 32.1. The predicted octanol–water partition coefficient (Wildman–Crippen LogP) is 1.80. The van der Waals surface area contributed by atoms with E-state index in [1.807, 2.05) is 28.6 Å². The summed E-state index contributed by atoms with van der Waals surface area (Å²) in [7, 11) is 0. The molecule has 1 saturated heterocycles. The quantitative estimate of drug-likeness (QED) is 0.881. The van der Waals surface area contributed by atoms with Gasteiger partial charge in [0.25, 0.3) is 0 Å². The minimum absolute atomic E-state index is 0.0570. The van der Waals surface area contributed by atoms with E-state index in [2.05, 4.69) is 15.4 Å². The maximum atomic E-state index is 12.4. The second-order valence-electron chi connectivity index (χ2n) is 5.28. The molecule has 118 valence electrons. The molecule has 0 aliphatic carbocycles. The molecule has 3 rings (SSSR count). The van der Waals surface area contributed by atoms with Gasteiger partial charge in [-0.1, -0.05) is 0 Å². The van der Waals surface area contributed by atoms with E-state index in [9.17, 15) is 4.79 Å². The number of aromatic nitrogens is 3. The summed E-state index contributed by atoms with van der Waals surface area (Å²) in [6.45, 7) is 4.04. The number of aryl methyl sites for hydroxylation is 1. The maximum absolute atomic E-state index is 12.4. The summed E-state index contributed by atoms with van der Waals surface area (Å²) in [6.07, 6.45) is 3.09. The number of ether oxygens (including phenoxy) is 1. The molecule has 6 nitrogen and oxygen atoms in total. The Kier molecular flexibility index (Phi) is 4.84. The molecule has 0 saturated carbocycles. The molecule has 2 aromatic heterocycles. The molecule has 1 N–H and O–H groups in total. The van der Waals surface area contributed by atoms with E-state index in [-0.39, 0.29) is 17.9 Å². The molecule has 0 spiro atoms. The van der Waals surface area contributed by atoms with Gasteiger partial charge in [0.05, 0.1) is 22.8 Å². The Labute approximate surface area is 133 Å². The first-order valence-electron chi connectivity index (χ1n) is 7.57. The zero-order valence-electron chi connectivity index (χ0n) is 12.6. The third-order valence-corrected chi connectivity index (χ3v) is 4.57. The first-order valence-corrected chi connectivity index (χ1v) is 8.52. The van der Waals surface area contributed by atoms with Gasteiger partial charge in [0.1, 0.15) is 6.10 Å². The van der Waals surface area contributed by atoms with Gasteiger partial charge in [0.2, 0.25) is 5.91 Å². The Balaban J connectivity index is 1.59. The van der Waals surface area contributed by atoms with E-state index in [0.717, 1.165) is 30.8 Å². The van der Waals surface area contributed by atoms with Gasteiger partial charge in [-0.2, -0.15) is 5.10 Å². The van der Waals surface area contributed by atoms with E-state index in [1.165, 1.54) is 0 Å². The van der Waals surface area contributed by atoms with Gasteiger partial charge in [0.15, 0.2) is 0 Å². The SMILES string of the molecule is CCn1nccc1[C@@H]1OCC[C@H]1C(=O)NCCc1cscn1. The third kappa shape index (κ3) is 3.20. The van der Waals surface area contributed by atoms with Crippen LogP contribution in [0.5, 0.6) is 0 Å². The van der Waals surface area contributed by atoms with Crippen molar-refractivity contribution in [2.75, 3.05) is 13.2 Å². The third-order valence-electron chi connectivity index (χ3n) is 3.93. The molecule has 3 heterocycles. The van der Waals surface area contributed by atoms with Crippen molar-refractivity contribution in [3.63, 3.8) is 0 Å². The number of rotatable bonds is 6. The first-order chi connectivity index (χ1) is 10.8. The Bertz CT molecular complexity index is 611. The van der Waals surface area contributed by atoms with Crippen molar-refractivity contribution in [3.05, 3.63) is 34.5 Å². The predicted molar refractivity (Wildman–Crippen MR) is 83.5 cm³/mol. The normalized spacial score (nSPS) is 21.1. The minimum atomic E-state index is -0.193. The van der Waals surface area contributed by atoms with Crippen molar-refractivity contribution in [1.29, 1.82) is 0 Å². The second kappa shape index (κ2) is 7.02. The summed E-state index contributed by atoms with van der Waals surface area (Å²) in [4.78, 5) is 16.7. The maximum Gasteiger partial charge on any atom is 0.226 e. The zero-order chi connectivity index (χ0) is 15.4. The summed E-state index contributed by atoms with van der Waals surface area (Å²) in [5.74, 6) is -0.0842. The molecule has 1 fully saturated rings. The van der Waals surface area contributed by atoms with Crippen LogP contribution >= 0.6 is 11.3 Å². The van der Waals surface area contributed by atoms with Crippen LogP contribution in [0.1, 0.15) is 30.8 Å². The molecular weight excluding hydrogens is 300 g/mol. The topological polar surface area (TPSA) is 69.0 Å². The number of amides is 1. The van der Waals surface area contributed by atoms with Gasteiger partial charge < -0.3 is 10.1 Å². The largest absolute Gasteiger partial charge is 0.371 e. The lowest BCUT2D eigenvalue weighted by Crippen LogP contribution is -2.34. The van der Waals surface area contributed by atoms with Crippen LogP contribution in [-0.2, 0) is 22.5 Å². The van der Waals surface area contributed by atoms with Crippen molar-refractivity contribution in [1.82, 2.24) is 20.1 Å². The molecule has 1 aliphatic rings. The number of carbonyl (C=O) groups excluding carboxylic acids is 1. The fourth-order valence-corrected chi connectivity index (χ4v) is 3.40. The molecule has 1 aliphatic heterocycles. The molecule has 0 aromatic carbocycles.